The Kier molecular flexibility index (Phi) is 1.11. The fourth-order valence-electron chi connectivity index (χ4n) is 7.22. The minimum Gasteiger partial charge on any atom is -0.0622 e. The normalized spacial score (nSPS) is 81.4. The largest absolute Gasteiger partial charge is 0.0622 e. The summed E-state index contributed by atoms with van der Waals surface area (Å²) in [6.07, 6.45) is 1.59. The fourth-order valence-corrected chi connectivity index (χ4v) is 7.22. The van der Waals surface area contributed by atoms with Crippen LogP contribution >= 0.6 is 0 Å². The zero-order valence-electron chi connectivity index (χ0n) is 10.1. The van der Waals surface area contributed by atoms with Gasteiger partial charge in [0.05, 0.1) is 0 Å². The summed E-state index contributed by atoms with van der Waals surface area (Å²) in [7, 11) is 0. The van der Waals surface area contributed by atoms with Gasteiger partial charge in [0.2, 0.25) is 0 Å². The van der Waals surface area contributed by atoms with Crippen molar-refractivity contribution >= 4 is 0 Å². The van der Waals surface area contributed by atoms with Gasteiger partial charge in [0, 0.05) is 0 Å². The van der Waals surface area contributed by atoms with E-state index in [1.54, 1.807) is 6.42 Å². The van der Waals surface area contributed by atoms with Crippen molar-refractivity contribution in [2.45, 2.75) is 27.2 Å². The third kappa shape index (κ3) is 0.560. The average Bonchev–Trinajstić information content (AvgIpc) is 2.18. The molecule has 5 fully saturated rings. The molecule has 0 nitrogen and oxygen atoms in total. The highest BCUT2D eigenvalue weighted by Crippen LogP contribution is 2.85. The van der Waals surface area contributed by atoms with Crippen LogP contribution in [0.5, 0.6) is 0 Å². The summed E-state index contributed by atoms with van der Waals surface area (Å²) >= 11 is 0. The van der Waals surface area contributed by atoms with E-state index in [-0.39, 0.29) is 0 Å². The Hall–Kier alpha value is 0. The van der Waals surface area contributed by atoms with Gasteiger partial charge in [0.1, 0.15) is 0 Å². The van der Waals surface area contributed by atoms with Gasteiger partial charge < -0.3 is 0 Å². The maximum atomic E-state index is 2.52. The molecule has 0 amide bonds. The molecule has 15 heavy (non-hydrogen) atoms. The third-order valence-electron chi connectivity index (χ3n) is 7.89. The summed E-state index contributed by atoms with van der Waals surface area (Å²) in [6, 6.07) is 0. The highest BCUT2D eigenvalue weighted by molar-refractivity contribution is 5.28. The van der Waals surface area contributed by atoms with Gasteiger partial charge in [-0.1, -0.05) is 20.8 Å². The van der Waals surface area contributed by atoms with Crippen molar-refractivity contribution in [3.05, 3.63) is 0 Å². The molecule has 0 N–H and O–H groups in total. The monoisotopic (exact) mass is 202 g/mol. The van der Waals surface area contributed by atoms with Crippen molar-refractivity contribution in [3.8, 4) is 0 Å². The molecule has 0 radical (unpaired) electrons. The number of hydrogen-bond acceptors (Lipinski definition) is 0. The smallest absolute Gasteiger partial charge is 0.0312 e. The first-order valence-corrected chi connectivity index (χ1v) is 7.22. The average molecular weight is 202 g/mol. The van der Waals surface area contributed by atoms with Crippen molar-refractivity contribution in [1.29, 1.82) is 0 Å². The van der Waals surface area contributed by atoms with Gasteiger partial charge in [-0.3, -0.25) is 0 Å². The van der Waals surface area contributed by atoms with Crippen molar-refractivity contribution in [2.75, 3.05) is 0 Å². The van der Waals surface area contributed by atoms with Gasteiger partial charge in [0.25, 0.3) is 0 Å². The van der Waals surface area contributed by atoms with E-state index in [4.69, 9.17) is 0 Å². The Bertz CT molecular complexity index is 340. The van der Waals surface area contributed by atoms with Crippen LogP contribution in [0.25, 0.3) is 0 Å². The summed E-state index contributed by atoms with van der Waals surface area (Å²) < 4.78 is 0. The van der Waals surface area contributed by atoms with E-state index < -0.39 is 0 Å². The second-order valence-corrected chi connectivity index (χ2v) is 7.64. The molecule has 5 aliphatic rings. The first-order valence-electron chi connectivity index (χ1n) is 7.22. The summed E-state index contributed by atoms with van der Waals surface area (Å²) in [6.45, 7) is 7.55. The molecule has 0 aromatic rings. The number of rotatable bonds is 0. The molecule has 5 saturated carbocycles. The Morgan fingerprint density at radius 2 is 1.13 bits per heavy atom. The molecule has 0 heterocycles. The molecule has 82 valence electrons. The highest BCUT2D eigenvalue weighted by Gasteiger charge is 2.81. The quantitative estimate of drug-likeness (QED) is 0.529. The molecular formula is C15H22. The lowest BCUT2D eigenvalue weighted by Crippen LogP contribution is -2.83. The molecule has 0 aromatic carbocycles. The molecule has 11 atom stereocenters. The summed E-state index contributed by atoms with van der Waals surface area (Å²) in [5.41, 5.74) is 0. The minimum atomic E-state index is 1.08. The van der Waals surface area contributed by atoms with Crippen LogP contribution in [-0.4, -0.2) is 0 Å². The van der Waals surface area contributed by atoms with Gasteiger partial charge in [-0.25, -0.2) is 0 Å². The third-order valence-corrected chi connectivity index (χ3v) is 7.89. The van der Waals surface area contributed by atoms with Gasteiger partial charge in [-0.15, -0.1) is 0 Å². The Labute approximate surface area is 92.8 Å². The SMILES string of the molecule is CC1CC2C1C1C2C2C3C(C)C(C)C3C12. The molecule has 0 saturated heterocycles. The van der Waals surface area contributed by atoms with E-state index >= 15 is 0 Å². The van der Waals surface area contributed by atoms with E-state index in [9.17, 15) is 0 Å². The fraction of sp³-hybridized carbons (Fsp3) is 1.00. The topological polar surface area (TPSA) is 0 Å². The van der Waals surface area contributed by atoms with E-state index in [2.05, 4.69) is 20.8 Å². The Morgan fingerprint density at radius 3 is 1.73 bits per heavy atom. The number of fused-ring (bicyclic) bond motifs is 10. The van der Waals surface area contributed by atoms with Crippen LogP contribution in [0, 0.1) is 65.1 Å². The van der Waals surface area contributed by atoms with Crippen LogP contribution in [-0.2, 0) is 0 Å². The van der Waals surface area contributed by atoms with Crippen molar-refractivity contribution < 1.29 is 0 Å². The lowest BCUT2D eigenvalue weighted by atomic mass is 9.18. The van der Waals surface area contributed by atoms with Crippen LogP contribution < -0.4 is 0 Å². The van der Waals surface area contributed by atoms with E-state index in [1.807, 2.05) is 0 Å². The lowest BCUT2D eigenvalue weighted by molar-refractivity contribution is -0.399. The predicted octanol–water partition coefficient (Wildman–Crippen LogP) is 3.28. The zero-order valence-corrected chi connectivity index (χ0v) is 10.1. The van der Waals surface area contributed by atoms with Crippen molar-refractivity contribution in [2.24, 2.45) is 65.1 Å². The van der Waals surface area contributed by atoms with Crippen molar-refractivity contribution in [1.82, 2.24) is 0 Å². The van der Waals surface area contributed by atoms with Gasteiger partial charge in [0.15, 0.2) is 0 Å². The molecular weight excluding hydrogens is 180 g/mol. The highest BCUT2D eigenvalue weighted by atomic mass is 14.9. The molecule has 0 bridgehead atoms. The second kappa shape index (κ2) is 2.05. The van der Waals surface area contributed by atoms with Gasteiger partial charge in [-0.2, -0.15) is 0 Å². The van der Waals surface area contributed by atoms with Gasteiger partial charge >= 0.3 is 0 Å². The lowest BCUT2D eigenvalue weighted by Gasteiger charge is -2.87. The molecule has 0 spiro atoms. The van der Waals surface area contributed by atoms with E-state index in [0.29, 0.717) is 0 Å². The van der Waals surface area contributed by atoms with Crippen LogP contribution in [0.1, 0.15) is 27.2 Å². The maximum absolute atomic E-state index is 2.52. The van der Waals surface area contributed by atoms with E-state index in [0.717, 1.165) is 17.8 Å². The molecule has 0 aliphatic heterocycles. The summed E-state index contributed by atoms with van der Waals surface area (Å²) in [4.78, 5) is 0. The molecule has 5 aliphatic carbocycles. The van der Waals surface area contributed by atoms with Crippen LogP contribution in [0.15, 0.2) is 0 Å². The maximum Gasteiger partial charge on any atom is -0.0312 e. The van der Waals surface area contributed by atoms with E-state index in [1.165, 1.54) is 47.3 Å². The van der Waals surface area contributed by atoms with Gasteiger partial charge in [-0.05, 0) is 71.5 Å². The number of hydrogen-bond donors (Lipinski definition) is 0. The first-order chi connectivity index (χ1) is 7.22. The standard InChI is InChI=1S/C15H22/c1-5-4-8-9(5)13-12(8)14-10-6(2)7(3)11(10)15(13)14/h5-15H,4H2,1-3H3. The van der Waals surface area contributed by atoms with Crippen LogP contribution in [0.4, 0.5) is 0 Å². The summed E-state index contributed by atoms with van der Waals surface area (Å²) in [5, 5.41) is 0. The van der Waals surface area contributed by atoms with Crippen molar-refractivity contribution in [3.63, 3.8) is 0 Å². The minimum absolute atomic E-state index is 1.08. The molecule has 0 aromatic heterocycles. The molecule has 11 unspecified atom stereocenters. The zero-order chi connectivity index (χ0) is 10.1. The predicted molar refractivity (Wildman–Crippen MR) is 60.0 cm³/mol. The second-order valence-electron chi connectivity index (χ2n) is 7.64. The van der Waals surface area contributed by atoms with Crippen LogP contribution in [0.3, 0.4) is 0 Å². The Balaban J connectivity index is 1.45. The molecule has 0 heteroatoms. The summed E-state index contributed by atoms with van der Waals surface area (Å²) in [5.74, 6) is 13.0. The first kappa shape index (κ1) is 8.14. The molecule has 5 rings (SSSR count). The van der Waals surface area contributed by atoms with Crippen LogP contribution in [0.2, 0.25) is 0 Å². The Morgan fingerprint density at radius 1 is 0.600 bits per heavy atom.